The molecule has 0 saturated carbocycles. The van der Waals surface area contributed by atoms with Crippen LogP contribution in [-0.2, 0) is 9.59 Å². The molecule has 7 nitrogen and oxygen atoms in total. The van der Waals surface area contributed by atoms with E-state index < -0.39 is 30.1 Å². The Balaban J connectivity index is 2.10. The van der Waals surface area contributed by atoms with Gasteiger partial charge in [-0.1, -0.05) is 6.07 Å². The first-order valence-electron chi connectivity index (χ1n) is 8.15. The largest absolute Gasteiger partial charge is 0.484 e. The van der Waals surface area contributed by atoms with Crippen molar-refractivity contribution in [3.63, 3.8) is 0 Å². The number of primary amides is 1. The Hall–Kier alpha value is -2.38. The number of nitrogens with one attached hydrogen (secondary N) is 1. The molecule has 0 aromatic heterocycles. The van der Waals surface area contributed by atoms with Crippen LogP contribution in [0.5, 0.6) is 5.75 Å². The van der Waals surface area contributed by atoms with Crippen LogP contribution < -0.4 is 15.8 Å². The van der Waals surface area contributed by atoms with E-state index in [-0.39, 0.29) is 19.4 Å². The summed E-state index contributed by atoms with van der Waals surface area (Å²) in [6, 6.07) is 5.51. The molecule has 2 rings (SSSR count). The van der Waals surface area contributed by atoms with E-state index in [9.17, 15) is 19.8 Å². The molecule has 0 fully saturated rings. The van der Waals surface area contributed by atoms with E-state index in [2.05, 4.69) is 5.32 Å². The van der Waals surface area contributed by atoms with Gasteiger partial charge in [-0.25, -0.2) is 0 Å². The van der Waals surface area contributed by atoms with Crippen LogP contribution in [0.3, 0.4) is 0 Å². The van der Waals surface area contributed by atoms with Gasteiger partial charge in [-0.15, -0.1) is 0 Å². The molecule has 1 aliphatic rings. The Labute approximate surface area is 146 Å². The van der Waals surface area contributed by atoms with Crippen LogP contribution in [0.25, 0.3) is 0 Å². The zero-order valence-corrected chi connectivity index (χ0v) is 14.4. The van der Waals surface area contributed by atoms with Gasteiger partial charge in [-0.05, 0) is 43.2 Å². The van der Waals surface area contributed by atoms with E-state index in [0.717, 1.165) is 11.1 Å². The van der Waals surface area contributed by atoms with Crippen molar-refractivity contribution in [2.75, 3.05) is 6.54 Å². The molecule has 0 aliphatic heterocycles. The number of ether oxygens (including phenoxy) is 1. The van der Waals surface area contributed by atoms with Crippen LogP contribution in [0.1, 0.15) is 24.0 Å². The van der Waals surface area contributed by atoms with Gasteiger partial charge in [0.1, 0.15) is 18.0 Å². The van der Waals surface area contributed by atoms with Crippen molar-refractivity contribution in [1.82, 2.24) is 5.32 Å². The molecule has 25 heavy (non-hydrogen) atoms. The van der Waals surface area contributed by atoms with E-state index in [1.54, 1.807) is 6.07 Å². The first-order chi connectivity index (χ1) is 11.8. The number of carbonyl (C=O) groups is 2. The molecule has 5 N–H and O–H groups in total. The molecule has 0 radical (unpaired) electrons. The van der Waals surface area contributed by atoms with E-state index in [4.69, 9.17) is 10.5 Å². The fourth-order valence-electron chi connectivity index (χ4n) is 2.56. The van der Waals surface area contributed by atoms with Crippen molar-refractivity contribution < 1.29 is 24.5 Å². The standard InChI is InChI=1S/C18H24N2O5/c1-10-3-4-13(7-11(10)2)25-15-9-12(8-14(21)17(15)23)18(24)20-6-5-16(19)22/h3-4,7,9,14-15,17,21,23H,5-6,8H2,1-2H3,(H2,19,22)(H,20,24). The number of rotatable bonds is 6. The SMILES string of the molecule is Cc1ccc(OC2C=C(C(=O)NCCC(N)=O)CC(O)C2O)cc1C. The van der Waals surface area contributed by atoms with Gasteiger partial charge >= 0.3 is 0 Å². The molecule has 0 spiro atoms. The highest BCUT2D eigenvalue weighted by Crippen LogP contribution is 2.25. The first-order valence-corrected chi connectivity index (χ1v) is 8.15. The lowest BCUT2D eigenvalue weighted by molar-refractivity contribution is -0.119. The molecule has 136 valence electrons. The molecule has 1 aromatic carbocycles. The fourth-order valence-corrected chi connectivity index (χ4v) is 2.56. The number of hydrogen-bond acceptors (Lipinski definition) is 5. The molecule has 1 aromatic rings. The number of hydrogen-bond donors (Lipinski definition) is 4. The summed E-state index contributed by atoms with van der Waals surface area (Å²) in [4.78, 5) is 22.9. The molecule has 0 saturated heterocycles. The predicted octanol–water partition coefficient (Wildman–Crippen LogP) is 0.0943. The average Bonchev–Trinajstić information content (AvgIpc) is 2.54. The minimum Gasteiger partial charge on any atom is -0.484 e. The third-order valence-corrected chi connectivity index (χ3v) is 4.22. The van der Waals surface area contributed by atoms with Gasteiger partial charge in [0.15, 0.2) is 0 Å². The summed E-state index contributed by atoms with van der Waals surface area (Å²) in [6.45, 7) is 4.04. The summed E-state index contributed by atoms with van der Waals surface area (Å²) < 4.78 is 5.76. The first kappa shape index (κ1) is 19.0. The summed E-state index contributed by atoms with van der Waals surface area (Å²) in [5, 5.41) is 22.8. The van der Waals surface area contributed by atoms with Crippen molar-refractivity contribution >= 4 is 11.8 Å². The number of nitrogens with two attached hydrogens (primary N) is 1. The average molecular weight is 348 g/mol. The van der Waals surface area contributed by atoms with E-state index >= 15 is 0 Å². The van der Waals surface area contributed by atoms with E-state index in [1.165, 1.54) is 6.08 Å². The third kappa shape index (κ3) is 5.04. The molecule has 7 heteroatoms. The maximum absolute atomic E-state index is 12.1. The Morgan fingerprint density at radius 2 is 2.00 bits per heavy atom. The smallest absolute Gasteiger partial charge is 0.247 e. The van der Waals surface area contributed by atoms with Gasteiger partial charge in [0, 0.05) is 25.0 Å². The summed E-state index contributed by atoms with van der Waals surface area (Å²) >= 11 is 0. The minimum absolute atomic E-state index is 0.0103. The number of benzene rings is 1. The highest BCUT2D eigenvalue weighted by Gasteiger charge is 2.34. The van der Waals surface area contributed by atoms with E-state index in [1.807, 2.05) is 26.0 Å². The van der Waals surface area contributed by atoms with E-state index in [0.29, 0.717) is 11.3 Å². The van der Waals surface area contributed by atoms with Gasteiger partial charge in [-0.2, -0.15) is 0 Å². The van der Waals surface area contributed by atoms with Gasteiger partial charge in [0.25, 0.3) is 0 Å². The van der Waals surface area contributed by atoms with Crippen molar-refractivity contribution in [2.45, 2.75) is 45.0 Å². The van der Waals surface area contributed by atoms with Crippen LogP contribution in [0.2, 0.25) is 0 Å². The molecule has 1 aliphatic carbocycles. The van der Waals surface area contributed by atoms with Gasteiger partial charge in [0.05, 0.1) is 6.10 Å². The summed E-state index contributed by atoms with van der Waals surface area (Å²) in [7, 11) is 0. The molecule has 2 amide bonds. The number of amides is 2. The lowest BCUT2D eigenvalue weighted by Crippen LogP contribution is -2.45. The quantitative estimate of drug-likeness (QED) is 0.581. The van der Waals surface area contributed by atoms with Gasteiger partial charge < -0.3 is 26.0 Å². The molecular weight excluding hydrogens is 324 g/mol. The molecule has 0 heterocycles. The molecular formula is C18H24N2O5. The number of carbonyl (C=O) groups excluding carboxylic acids is 2. The minimum atomic E-state index is -1.14. The second-order valence-electron chi connectivity index (χ2n) is 6.25. The highest BCUT2D eigenvalue weighted by atomic mass is 16.5. The lowest BCUT2D eigenvalue weighted by atomic mass is 9.91. The number of aryl methyl sites for hydroxylation is 2. The van der Waals surface area contributed by atoms with Crippen molar-refractivity contribution in [3.05, 3.63) is 41.0 Å². The van der Waals surface area contributed by atoms with Crippen LogP contribution in [0, 0.1) is 13.8 Å². The number of aliphatic hydroxyl groups is 2. The number of aliphatic hydroxyl groups excluding tert-OH is 2. The summed E-state index contributed by atoms with van der Waals surface area (Å²) in [5.41, 5.74) is 7.48. The topological polar surface area (TPSA) is 122 Å². The maximum atomic E-state index is 12.1. The maximum Gasteiger partial charge on any atom is 0.247 e. The van der Waals surface area contributed by atoms with Crippen LogP contribution in [-0.4, -0.2) is 46.9 Å². The molecule has 3 atom stereocenters. The Kier molecular flexibility index (Phi) is 6.17. The third-order valence-electron chi connectivity index (χ3n) is 4.22. The predicted molar refractivity (Wildman–Crippen MR) is 91.9 cm³/mol. The lowest BCUT2D eigenvalue weighted by Gasteiger charge is -2.31. The van der Waals surface area contributed by atoms with Crippen LogP contribution >= 0.6 is 0 Å². The van der Waals surface area contributed by atoms with Crippen molar-refractivity contribution in [3.8, 4) is 5.75 Å². The normalized spacial score (nSPS) is 22.9. The van der Waals surface area contributed by atoms with Crippen molar-refractivity contribution in [2.24, 2.45) is 5.73 Å². The van der Waals surface area contributed by atoms with Crippen molar-refractivity contribution in [1.29, 1.82) is 0 Å². The van der Waals surface area contributed by atoms with Crippen LogP contribution in [0.4, 0.5) is 0 Å². The Morgan fingerprint density at radius 3 is 2.64 bits per heavy atom. The summed E-state index contributed by atoms with van der Waals surface area (Å²) in [6.07, 6.45) is -1.54. The zero-order chi connectivity index (χ0) is 18.6. The fraction of sp³-hybridized carbons (Fsp3) is 0.444. The Morgan fingerprint density at radius 1 is 1.28 bits per heavy atom. The monoisotopic (exact) mass is 348 g/mol. The van der Waals surface area contributed by atoms with Gasteiger partial charge in [-0.3, -0.25) is 9.59 Å². The second kappa shape index (κ2) is 8.13. The Bertz CT molecular complexity index is 686. The highest BCUT2D eigenvalue weighted by molar-refractivity contribution is 5.94. The second-order valence-corrected chi connectivity index (χ2v) is 6.25. The molecule has 3 unspecified atom stereocenters. The van der Waals surface area contributed by atoms with Crippen LogP contribution in [0.15, 0.2) is 29.8 Å². The molecule has 0 bridgehead atoms. The van der Waals surface area contributed by atoms with Gasteiger partial charge in [0.2, 0.25) is 11.8 Å². The summed E-state index contributed by atoms with van der Waals surface area (Å²) in [5.74, 6) is -0.379. The zero-order valence-electron chi connectivity index (χ0n) is 14.4.